The van der Waals surface area contributed by atoms with Crippen molar-refractivity contribution in [2.24, 2.45) is 7.05 Å². The number of hydrazine groups is 1. The standard InChI is InChI=1S/C28H34N6/c1-31-20-25(18-29-31)24-9-12-27-28(19-30-34(27)21-24)33-15-13-32(14-16-33)26-10-7-23(8-11-26)17-22-5-3-2-4-6-22/h2-8,10-11,18,20-21,27-28,30H,9,12-17,19H2,1H3/i12D2,19D2,27D,28D/hD. The SMILES string of the molecule is [2H]N1N2C=C(c3cnn(C)c3)CC([2H])([2H])C2([2H])C([2H])(N2CCN(c3ccc(Cc4ccccc4)cc3)CC2)C1([2H])[2H]. The van der Waals surface area contributed by atoms with Crippen molar-refractivity contribution >= 4 is 11.3 Å². The highest BCUT2D eigenvalue weighted by Gasteiger charge is 2.39. The van der Waals surface area contributed by atoms with E-state index in [9.17, 15) is 2.74 Å². The Hall–Kier alpha value is -3.09. The Labute approximate surface area is 212 Å². The Kier molecular flexibility index (Phi) is 4.10. The minimum atomic E-state index is -2.66. The largest absolute Gasteiger partial charge is 0.369 e. The van der Waals surface area contributed by atoms with Crippen molar-refractivity contribution in [3.8, 4) is 0 Å². The summed E-state index contributed by atoms with van der Waals surface area (Å²) in [6, 6.07) is 13.8. The molecule has 176 valence electrons. The maximum absolute atomic E-state index is 9.52. The average molecular weight is 462 g/mol. The lowest BCUT2D eigenvalue weighted by atomic mass is 9.94. The Morgan fingerprint density at radius 2 is 1.79 bits per heavy atom. The lowest BCUT2D eigenvalue weighted by Crippen LogP contribution is -2.54. The van der Waals surface area contributed by atoms with Gasteiger partial charge in [-0.15, -0.1) is 0 Å². The summed E-state index contributed by atoms with van der Waals surface area (Å²) in [5.41, 5.74) is 5.09. The van der Waals surface area contributed by atoms with Crippen LogP contribution in [0, 0.1) is 0 Å². The van der Waals surface area contributed by atoms with Gasteiger partial charge in [0.05, 0.1) is 15.0 Å². The molecule has 1 N–H and O–H groups in total. The van der Waals surface area contributed by atoms with Gasteiger partial charge >= 0.3 is 0 Å². The van der Waals surface area contributed by atoms with Gasteiger partial charge < -0.3 is 9.91 Å². The van der Waals surface area contributed by atoms with Crippen molar-refractivity contribution in [3.05, 3.63) is 89.9 Å². The van der Waals surface area contributed by atoms with Crippen molar-refractivity contribution in [2.75, 3.05) is 37.6 Å². The molecule has 2 aromatic carbocycles. The van der Waals surface area contributed by atoms with Gasteiger partial charge in [0.1, 0.15) is 1.41 Å². The second-order valence-electron chi connectivity index (χ2n) is 8.97. The molecule has 4 heterocycles. The molecule has 6 rings (SSSR count). The van der Waals surface area contributed by atoms with Crippen LogP contribution >= 0.6 is 0 Å². The van der Waals surface area contributed by atoms with Crippen LogP contribution in [0.4, 0.5) is 5.69 Å². The zero-order valence-corrected chi connectivity index (χ0v) is 19.4. The molecule has 2 fully saturated rings. The number of hydrogen-bond acceptors (Lipinski definition) is 5. The summed E-state index contributed by atoms with van der Waals surface area (Å²) in [4.78, 5) is 3.72. The van der Waals surface area contributed by atoms with Crippen LogP contribution in [0.1, 0.15) is 37.7 Å². The molecule has 2 atom stereocenters. The number of hydrogen-bond donors (Lipinski definition) is 1. The van der Waals surface area contributed by atoms with E-state index in [1.54, 1.807) is 29.0 Å². The summed E-state index contributed by atoms with van der Waals surface area (Å²) in [5, 5.41) is 5.13. The predicted molar refractivity (Wildman–Crippen MR) is 137 cm³/mol. The van der Waals surface area contributed by atoms with E-state index in [1.807, 2.05) is 18.2 Å². The molecule has 0 bridgehead atoms. The van der Waals surface area contributed by atoms with Crippen LogP contribution in [0.3, 0.4) is 0 Å². The lowest BCUT2D eigenvalue weighted by Gasteiger charge is -2.41. The number of piperazine rings is 1. The number of fused-ring (bicyclic) bond motifs is 1. The van der Waals surface area contributed by atoms with Gasteiger partial charge in [-0.05, 0) is 48.0 Å². The van der Waals surface area contributed by atoms with E-state index in [2.05, 4.69) is 46.4 Å². The van der Waals surface area contributed by atoms with Crippen LogP contribution in [-0.2, 0) is 13.5 Å². The third-order valence-electron chi connectivity index (χ3n) is 6.67. The summed E-state index contributed by atoms with van der Waals surface area (Å²) in [6.07, 6.45) is 3.05. The number of nitrogens with one attached hydrogen (secondary N) is 1. The smallest absolute Gasteiger partial charge is 0.148 e. The van der Waals surface area contributed by atoms with Crippen molar-refractivity contribution in [3.63, 3.8) is 0 Å². The minimum absolute atomic E-state index is 0.196. The third kappa shape index (κ3) is 4.36. The second-order valence-corrected chi connectivity index (χ2v) is 8.97. The summed E-state index contributed by atoms with van der Waals surface area (Å²) in [6.45, 7) is -1.17. The molecular weight excluding hydrogens is 420 g/mol. The van der Waals surface area contributed by atoms with Crippen LogP contribution in [-0.4, -0.2) is 64.4 Å². The quantitative estimate of drug-likeness (QED) is 0.630. The van der Waals surface area contributed by atoms with Crippen LogP contribution in [0.2, 0.25) is 1.41 Å². The van der Waals surface area contributed by atoms with Crippen LogP contribution < -0.4 is 10.3 Å². The molecule has 34 heavy (non-hydrogen) atoms. The molecule has 6 heteroatoms. The highest BCUT2D eigenvalue weighted by molar-refractivity contribution is 5.65. The first-order valence-corrected chi connectivity index (χ1v) is 11.8. The first-order chi connectivity index (χ1) is 19.4. The van der Waals surface area contributed by atoms with E-state index in [1.165, 1.54) is 17.3 Å². The van der Waals surface area contributed by atoms with Crippen molar-refractivity contribution in [2.45, 2.75) is 31.3 Å². The molecule has 0 amide bonds. The molecule has 6 nitrogen and oxygen atoms in total. The Morgan fingerprint density at radius 1 is 1.03 bits per heavy atom. The van der Waals surface area contributed by atoms with Crippen molar-refractivity contribution < 1.29 is 9.64 Å². The normalized spacial score (nSPS) is 34.0. The molecule has 0 radical (unpaired) electrons. The fourth-order valence-electron chi connectivity index (χ4n) is 4.77. The van der Waals surface area contributed by atoms with Gasteiger partial charge in [0.2, 0.25) is 0 Å². The first-order valence-electron chi connectivity index (χ1n) is 15.2. The minimum Gasteiger partial charge on any atom is -0.369 e. The number of allylic oxidation sites excluding steroid dienone is 1. The monoisotopic (exact) mass is 461 g/mol. The van der Waals surface area contributed by atoms with Gasteiger partial charge in [-0.3, -0.25) is 9.58 Å². The van der Waals surface area contributed by atoms with Crippen molar-refractivity contribution in [1.29, 1.82) is 0 Å². The molecule has 3 aliphatic rings. The zero-order chi connectivity index (χ0) is 29.2. The van der Waals surface area contributed by atoms with E-state index in [4.69, 9.17) is 6.89 Å². The zero-order valence-electron chi connectivity index (χ0n) is 26.4. The number of nitrogens with zero attached hydrogens (tertiary/aromatic N) is 5. The number of aryl methyl sites for hydroxylation is 1. The fraction of sp³-hybridized carbons (Fsp3) is 0.393. The molecule has 1 aromatic heterocycles. The summed E-state index contributed by atoms with van der Waals surface area (Å²) < 4.78 is 64.9. The topological polar surface area (TPSA) is 39.6 Å². The van der Waals surface area contributed by atoms with E-state index in [-0.39, 0.29) is 19.5 Å². The first kappa shape index (κ1) is 15.0. The Bertz CT molecular complexity index is 1440. The molecule has 2 saturated heterocycles. The Morgan fingerprint density at radius 3 is 2.53 bits per heavy atom. The molecule has 3 aromatic rings. The van der Waals surface area contributed by atoms with Gasteiger partial charge in [0.25, 0.3) is 0 Å². The van der Waals surface area contributed by atoms with E-state index in [0.29, 0.717) is 29.6 Å². The van der Waals surface area contributed by atoms with Crippen LogP contribution in [0.5, 0.6) is 0 Å². The molecule has 0 aliphatic carbocycles. The Balaban J connectivity index is 1.24. The number of anilines is 1. The summed E-state index contributed by atoms with van der Waals surface area (Å²) in [7, 11) is 1.75. The van der Waals surface area contributed by atoms with Crippen LogP contribution in [0.25, 0.3) is 5.57 Å². The maximum atomic E-state index is 9.52. The van der Waals surface area contributed by atoms with Crippen LogP contribution in [0.15, 0.2) is 73.2 Å². The molecule has 0 spiro atoms. The maximum Gasteiger partial charge on any atom is 0.148 e. The van der Waals surface area contributed by atoms with Gasteiger partial charge in [-0.25, -0.2) is 5.42 Å². The van der Waals surface area contributed by atoms with E-state index in [0.717, 1.165) is 17.1 Å². The number of aromatic nitrogens is 2. The summed E-state index contributed by atoms with van der Waals surface area (Å²) in [5.74, 6) is 0. The van der Waals surface area contributed by atoms with Gasteiger partial charge in [0, 0.05) is 74.9 Å². The highest BCUT2D eigenvalue weighted by Crippen LogP contribution is 2.32. The number of benzene rings is 2. The average Bonchev–Trinajstić information content (AvgIpc) is 3.44. The van der Waals surface area contributed by atoms with Gasteiger partial charge in [-0.1, -0.05) is 42.5 Å². The van der Waals surface area contributed by atoms with E-state index < -0.39 is 24.9 Å². The fourth-order valence-corrected chi connectivity index (χ4v) is 4.77. The molecule has 0 saturated carbocycles. The second kappa shape index (κ2) is 9.28. The van der Waals surface area contributed by atoms with Gasteiger partial charge in [0.15, 0.2) is 0 Å². The lowest BCUT2D eigenvalue weighted by molar-refractivity contribution is 0.143. The van der Waals surface area contributed by atoms with Crippen molar-refractivity contribution in [1.82, 2.24) is 25.1 Å². The predicted octanol–water partition coefficient (Wildman–Crippen LogP) is 3.53. The third-order valence-corrected chi connectivity index (χ3v) is 6.67. The van der Waals surface area contributed by atoms with Gasteiger partial charge in [-0.2, -0.15) is 5.10 Å². The molecular formula is C28H34N6. The number of rotatable bonds is 5. The highest BCUT2D eigenvalue weighted by atomic mass is 15.6. The summed E-state index contributed by atoms with van der Waals surface area (Å²) >= 11 is 0. The van der Waals surface area contributed by atoms with E-state index >= 15 is 0 Å². The molecule has 3 aliphatic heterocycles. The molecule has 2 unspecified atom stereocenters.